The fourth-order valence-corrected chi connectivity index (χ4v) is 4.45. The van der Waals surface area contributed by atoms with Crippen molar-refractivity contribution < 1.29 is 23.5 Å². The number of rotatable bonds is 7. The molecule has 2 aliphatic rings. The summed E-state index contributed by atoms with van der Waals surface area (Å²) < 4.78 is 19.0. The Morgan fingerprint density at radius 3 is 2.49 bits per heavy atom. The summed E-state index contributed by atoms with van der Waals surface area (Å²) in [6.07, 6.45) is 0.771. The highest BCUT2D eigenvalue weighted by molar-refractivity contribution is 5.95. The van der Waals surface area contributed by atoms with E-state index < -0.39 is 17.8 Å². The van der Waals surface area contributed by atoms with Crippen molar-refractivity contribution in [2.24, 2.45) is 0 Å². The number of ether oxygens (including phenoxy) is 1. The first-order valence-electron chi connectivity index (χ1n) is 12.3. The van der Waals surface area contributed by atoms with Crippen LogP contribution in [-0.4, -0.2) is 84.6 Å². The van der Waals surface area contributed by atoms with Crippen LogP contribution < -0.4 is 10.6 Å². The highest BCUT2D eigenvalue weighted by Crippen LogP contribution is 2.32. The quantitative estimate of drug-likeness (QED) is 0.575. The second kappa shape index (κ2) is 12.0. The lowest BCUT2D eigenvalue weighted by molar-refractivity contribution is -0.139. The van der Waals surface area contributed by atoms with Gasteiger partial charge in [0.25, 0.3) is 0 Å². The third-order valence-electron chi connectivity index (χ3n) is 6.11. The predicted octanol–water partition coefficient (Wildman–Crippen LogP) is 2.85. The summed E-state index contributed by atoms with van der Waals surface area (Å²) in [5.41, 5.74) is 1.52. The van der Waals surface area contributed by atoms with E-state index in [9.17, 15) is 18.8 Å². The minimum absolute atomic E-state index is 0.0569. The molecular weight excluding hydrogens is 453 g/mol. The van der Waals surface area contributed by atoms with Gasteiger partial charge in [0.1, 0.15) is 5.82 Å². The van der Waals surface area contributed by atoms with Crippen LogP contribution in [0.2, 0.25) is 0 Å². The van der Waals surface area contributed by atoms with E-state index in [-0.39, 0.29) is 24.7 Å². The van der Waals surface area contributed by atoms with Crippen LogP contribution in [0, 0.1) is 5.82 Å². The van der Waals surface area contributed by atoms with Crippen LogP contribution >= 0.6 is 0 Å². The standard InChI is InChI=1S/C25H36FN5O4/c1-5-31-20(16-29-12-7-13-30(15-14-29)24(33)27-17(3)4)21(23(32)35-6-2)22(28-25(31)34)18-8-10-19(26)11-9-18/h8-11,17,22H,5-7,12-16H2,1-4H3,(H,27,33)(H,28,34)/t22-/m0/s1. The van der Waals surface area contributed by atoms with Crippen LogP contribution in [0.3, 0.4) is 0 Å². The van der Waals surface area contributed by atoms with Crippen molar-refractivity contribution in [2.45, 2.75) is 46.2 Å². The summed E-state index contributed by atoms with van der Waals surface area (Å²) in [7, 11) is 0. The lowest BCUT2D eigenvalue weighted by Gasteiger charge is -2.38. The zero-order valence-electron chi connectivity index (χ0n) is 21.0. The molecule has 0 spiro atoms. The number of amides is 4. The van der Waals surface area contributed by atoms with Crippen molar-refractivity contribution in [3.8, 4) is 0 Å². The van der Waals surface area contributed by atoms with E-state index in [1.807, 2.05) is 20.8 Å². The van der Waals surface area contributed by atoms with Crippen LogP contribution in [0.15, 0.2) is 35.5 Å². The van der Waals surface area contributed by atoms with Gasteiger partial charge in [0.15, 0.2) is 0 Å². The van der Waals surface area contributed by atoms with Gasteiger partial charge in [0.05, 0.1) is 18.2 Å². The van der Waals surface area contributed by atoms with Crippen molar-refractivity contribution in [2.75, 3.05) is 45.9 Å². The van der Waals surface area contributed by atoms with Gasteiger partial charge in [-0.25, -0.2) is 18.8 Å². The molecule has 0 saturated carbocycles. The fourth-order valence-electron chi connectivity index (χ4n) is 4.45. The van der Waals surface area contributed by atoms with Crippen LogP contribution in [0.1, 0.15) is 45.7 Å². The minimum atomic E-state index is -0.750. The van der Waals surface area contributed by atoms with E-state index in [0.717, 1.165) is 6.42 Å². The lowest BCUT2D eigenvalue weighted by atomic mass is 9.94. The first kappa shape index (κ1) is 26.5. The Bertz CT molecular complexity index is 950. The Morgan fingerprint density at radius 1 is 1.14 bits per heavy atom. The molecule has 2 N–H and O–H groups in total. The van der Waals surface area contributed by atoms with Crippen molar-refractivity contribution in [3.05, 3.63) is 46.9 Å². The first-order chi connectivity index (χ1) is 16.7. The molecule has 9 nitrogen and oxygen atoms in total. The molecular formula is C25H36FN5O4. The molecule has 4 amide bonds. The number of carbonyl (C=O) groups excluding carboxylic acids is 3. The number of carbonyl (C=O) groups is 3. The number of likely N-dealkylation sites (N-methyl/N-ethyl adjacent to an activating group) is 1. The number of urea groups is 2. The monoisotopic (exact) mass is 489 g/mol. The molecule has 1 fully saturated rings. The summed E-state index contributed by atoms with van der Waals surface area (Å²) in [5, 5.41) is 5.82. The highest BCUT2D eigenvalue weighted by atomic mass is 19.1. The fraction of sp³-hybridized carbons (Fsp3) is 0.560. The molecule has 0 aromatic heterocycles. The topological polar surface area (TPSA) is 94.2 Å². The number of esters is 1. The Balaban J connectivity index is 1.92. The number of hydrogen-bond acceptors (Lipinski definition) is 5. The Morgan fingerprint density at radius 2 is 1.86 bits per heavy atom. The maximum atomic E-state index is 13.6. The predicted molar refractivity (Wildman–Crippen MR) is 130 cm³/mol. The summed E-state index contributed by atoms with van der Waals surface area (Å²) in [6.45, 7) is 10.8. The molecule has 3 rings (SSSR count). The molecule has 1 aromatic rings. The summed E-state index contributed by atoms with van der Waals surface area (Å²) in [5.74, 6) is -0.911. The van der Waals surface area contributed by atoms with Crippen LogP contribution in [0.4, 0.5) is 14.0 Å². The minimum Gasteiger partial charge on any atom is -0.463 e. The maximum Gasteiger partial charge on any atom is 0.338 e. The number of hydrogen-bond donors (Lipinski definition) is 2. The summed E-state index contributed by atoms with van der Waals surface area (Å²) in [4.78, 5) is 44.2. The SMILES string of the molecule is CCOC(=O)C1=C(CN2CCCN(C(=O)NC(C)C)CC2)N(CC)C(=O)N[C@H]1c1ccc(F)cc1. The van der Waals surface area contributed by atoms with Crippen LogP contribution in [-0.2, 0) is 9.53 Å². The zero-order chi connectivity index (χ0) is 25.5. The van der Waals surface area contributed by atoms with E-state index >= 15 is 0 Å². The molecule has 35 heavy (non-hydrogen) atoms. The molecule has 2 aliphatic heterocycles. The molecule has 192 valence electrons. The number of halogens is 1. The normalized spacial score (nSPS) is 19.5. The van der Waals surface area contributed by atoms with Gasteiger partial charge in [0, 0.05) is 51.0 Å². The van der Waals surface area contributed by atoms with Crippen molar-refractivity contribution >= 4 is 18.0 Å². The van der Waals surface area contributed by atoms with Crippen LogP contribution in [0.25, 0.3) is 0 Å². The van der Waals surface area contributed by atoms with Gasteiger partial charge in [-0.05, 0) is 51.8 Å². The molecule has 0 unspecified atom stereocenters. The third kappa shape index (κ3) is 6.50. The van der Waals surface area contributed by atoms with Crippen molar-refractivity contribution in [3.63, 3.8) is 0 Å². The van der Waals surface area contributed by atoms with Gasteiger partial charge in [0.2, 0.25) is 0 Å². The van der Waals surface area contributed by atoms with Crippen LogP contribution in [0.5, 0.6) is 0 Å². The Hall–Kier alpha value is -3.14. The number of nitrogens with one attached hydrogen (secondary N) is 2. The molecule has 2 heterocycles. The van der Waals surface area contributed by atoms with E-state index in [0.29, 0.717) is 56.1 Å². The molecule has 1 atom stereocenters. The molecule has 1 aromatic carbocycles. The molecule has 10 heteroatoms. The largest absolute Gasteiger partial charge is 0.463 e. The zero-order valence-corrected chi connectivity index (χ0v) is 21.0. The molecule has 0 aliphatic carbocycles. The van der Waals surface area contributed by atoms with Gasteiger partial charge >= 0.3 is 18.0 Å². The van der Waals surface area contributed by atoms with Crippen molar-refractivity contribution in [1.29, 1.82) is 0 Å². The summed E-state index contributed by atoms with van der Waals surface area (Å²) in [6, 6.07) is 4.64. The van der Waals surface area contributed by atoms with Gasteiger partial charge in [-0.15, -0.1) is 0 Å². The van der Waals surface area contributed by atoms with Gasteiger partial charge < -0.3 is 20.3 Å². The third-order valence-corrected chi connectivity index (χ3v) is 6.11. The van der Waals surface area contributed by atoms with E-state index in [1.165, 1.54) is 12.1 Å². The highest BCUT2D eigenvalue weighted by Gasteiger charge is 2.38. The van der Waals surface area contributed by atoms with E-state index in [1.54, 1.807) is 28.9 Å². The number of benzene rings is 1. The Labute approximate surface area is 206 Å². The average Bonchev–Trinajstić information content (AvgIpc) is 3.05. The van der Waals surface area contributed by atoms with Crippen molar-refractivity contribution in [1.82, 2.24) is 25.3 Å². The van der Waals surface area contributed by atoms with Gasteiger partial charge in [-0.1, -0.05) is 12.1 Å². The first-order valence-corrected chi connectivity index (χ1v) is 12.3. The maximum absolute atomic E-state index is 13.6. The summed E-state index contributed by atoms with van der Waals surface area (Å²) >= 11 is 0. The average molecular weight is 490 g/mol. The van der Waals surface area contributed by atoms with E-state index in [4.69, 9.17) is 4.74 Å². The number of nitrogens with zero attached hydrogens (tertiary/aromatic N) is 3. The lowest BCUT2D eigenvalue weighted by Crippen LogP contribution is -2.51. The molecule has 1 saturated heterocycles. The van der Waals surface area contributed by atoms with E-state index in [2.05, 4.69) is 15.5 Å². The molecule has 0 bridgehead atoms. The smallest absolute Gasteiger partial charge is 0.338 e. The van der Waals surface area contributed by atoms with Gasteiger partial charge in [-0.3, -0.25) is 9.80 Å². The second-order valence-electron chi connectivity index (χ2n) is 8.98. The second-order valence-corrected chi connectivity index (χ2v) is 8.98. The Kier molecular flexibility index (Phi) is 9.08. The molecule has 0 radical (unpaired) electrons. The van der Waals surface area contributed by atoms with Gasteiger partial charge in [-0.2, -0.15) is 0 Å².